The van der Waals surface area contributed by atoms with E-state index in [1.807, 2.05) is 25.3 Å². The number of aromatic nitrogens is 1. The molecule has 132 valence electrons. The minimum Gasteiger partial charge on any atom is -0.370 e. The Labute approximate surface area is 149 Å². The Morgan fingerprint density at radius 2 is 2.00 bits per heavy atom. The van der Waals surface area contributed by atoms with E-state index >= 15 is 0 Å². The predicted molar refractivity (Wildman–Crippen MR) is 101 cm³/mol. The molecule has 1 amide bonds. The lowest BCUT2D eigenvalue weighted by Gasteiger charge is -2.28. The molecule has 3 rings (SSSR count). The van der Waals surface area contributed by atoms with Gasteiger partial charge in [0.15, 0.2) is 0 Å². The number of carbonyl (C=O) groups is 1. The third kappa shape index (κ3) is 5.29. The Morgan fingerprint density at radius 3 is 2.80 bits per heavy atom. The summed E-state index contributed by atoms with van der Waals surface area (Å²) in [6.45, 7) is 5.79. The second-order valence-corrected chi connectivity index (χ2v) is 6.58. The first kappa shape index (κ1) is 17.4. The molecule has 2 N–H and O–H groups in total. The summed E-state index contributed by atoms with van der Waals surface area (Å²) in [5.41, 5.74) is 3.91. The predicted octanol–water partition coefficient (Wildman–Crippen LogP) is 2.37. The number of aryl methyl sites for hydroxylation is 1. The van der Waals surface area contributed by atoms with Crippen molar-refractivity contribution < 1.29 is 4.79 Å². The smallest absolute Gasteiger partial charge is 0.234 e. The van der Waals surface area contributed by atoms with Crippen molar-refractivity contribution >= 4 is 11.7 Å². The van der Waals surface area contributed by atoms with Crippen LogP contribution in [0.3, 0.4) is 0 Å². The van der Waals surface area contributed by atoms with Crippen LogP contribution in [-0.4, -0.2) is 42.0 Å². The van der Waals surface area contributed by atoms with Crippen molar-refractivity contribution in [3.63, 3.8) is 0 Å². The van der Waals surface area contributed by atoms with E-state index in [0.29, 0.717) is 13.1 Å². The number of hydrogen-bond donors (Lipinski definition) is 2. The van der Waals surface area contributed by atoms with Crippen LogP contribution in [0, 0.1) is 6.92 Å². The largest absolute Gasteiger partial charge is 0.370 e. The summed E-state index contributed by atoms with van der Waals surface area (Å²) in [4.78, 5) is 18.6. The highest BCUT2D eigenvalue weighted by atomic mass is 16.2. The topological polar surface area (TPSA) is 57.3 Å². The van der Waals surface area contributed by atoms with Crippen molar-refractivity contribution in [2.45, 2.75) is 26.3 Å². The van der Waals surface area contributed by atoms with Gasteiger partial charge >= 0.3 is 0 Å². The molecule has 0 saturated carbocycles. The van der Waals surface area contributed by atoms with E-state index in [1.165, 1.54) is 11.1 Å². The lowest BCUT2D eigenvalue weighted by atomic mass is 10.00. The second kappa shape index (κ2) is 8.62. The fraction of sp³-hybridized carbons (Fsp3) is 0.400. The Kier molecular flexibility index (Phi) is 6.01. The van der Waals surface area contributed by atoms with Gasteiger partial charge in [-0.05, 0) is 42.5 Å². The number of pyridine rings is 1. The molecule has 0 aliphatic carbocycles. The second-order valence-electron chi connectivity index (χ2n) is 6.58. The van der Waals surface area contributed by atoms with Crippen LogP contribution < -0.4 is 10.6 Å². The number of rotatable bonds is 7. The number of nitrogens with one attached hydrogen (secondary N) is 2. The van der Waals surface area contributed by atoms with Gasteiger partial charge in [0, 0.05) is 32.4 Å². The van der Waals surface area contributed by atoms with Crippen LogP contribution in [0.2, 0.25) is 0 Å². The fourth-order valence-corrected chi connectivity index (χ4v) is 3.05. The highest BCUT2D eigenvalue weighted by Crippen LogP contribution is 2.17. The number of fused-ring (bicyclic) bond motifs is 1. The van der Waals surface area contributed by atoms with Crippen LogP contribution >= 0.6 is 0 Å². The standard InChI is InChI=1S/C20H26N4O/c1-16-7-8-19(23-13-16)21-10-4-11-22-20(25)15-24-12-9-17-5-2-3-6-18(17)14-24/h2-3,5-8,13H,4,9-12,14-15H2,1H3,(H,21,23)(H,22,25). The van der Waals surface area contributed by atoms with E-state index in [1.54, 1.807) is 0 Å². The van der Waals surface area contributed by atoms with Gasteiger partial charge in [0.05, 0.1) is 6.54 Å². The maximum atomic E-state index is 12.1. The van der Waals surface area contributed by atoms with Crippen molar-refractivity contribution in [1.82, 2.24) is 15.2 Å². The number of benzene rings is 1. The Balaban J connectivity index is 1.31. The molecule has 25 heavy (non-hydrogen) atoms. The summed E-state index contributed by atoms with van der Waals surface area (Å²) in [5, 5.41) is 6.27. The van der Waals surface area contributed by atoms with Gasteiger partial charge in [-0.1, -0.05) is 30.3 Å². The van der Waals surface area contributed by atoms with E-state index in [0.717, 1.165) is 43.9 Å². The Bertz CT molecular complexity index is 699. The van der Waals surface area contributed by atoms with E-state index in [9.17, 15) is 4.79 Å². The minimum absolute atomic E-state index is 0.104. The van der Waals surface area contributed by atoms with Gasteiger partial charge in [-0.15, -0.1) is 0 Å². The summed E-state index contributed by atoms with van der Waals surface area (Å²) < 4.78 is 0. The van der Waals surface area contributed by atoms with Crippen LogP contribution in [0.4, 0.5) is 5.82 Å². The van der Waals surface area contributed by atoms with Gasteiger partial charge in [0.2, 0.25) is 5.91 Å². The van der Waals surface area contributed by atoms with E-state index < -0.39 is 0 Å². The van der Waals surface area contributed by atoms with Crippen molar-refractivity contribution in [3.05, 3.63) is 59.3 Å². The van der Waals surface area contributed by atoms with Gasteiger partial charge in [-0.25, -0.2) is 4.98 Å². The molecule has 5 heteroatoms. The summed E-state index contributed by atoms with van der Waals surface area (Å²) in [5.74, 6) is 0.983. The molecule has 0 atom stereocenters. The number of carbonyl (C=O) groups excluding carboxylic acids is 1. The molecule has 1 aromatic heterocycles. The molecule has 1 aromatic carbocycles. The molecule has 1 aliphatic heterocycles. The van der Waals surface area contributed by atoms with Crippen LogP contribution in [0.25, 0.3) is 0 Å². The Morgan fingerprint density at radius 1 is 1.16 bits per heavy atom. The summed E-state index contributed by atoms with van der Waals surface area (Å²) in [6, 6.07) is 12.5. The number of hydrogen-bond acceptors (Lipinski definition) is 4. The number of amides is 1. The van der Waals surface area contributed by atoms with Crippen LogP contribution in [-0.2, 0) is 17.8 Å². The van der Waals surface area contributed by atoms with Crippen LogP contribution in [0.1, 0.15) is 23.1 Å². The fourth-order valence-electron chi connectivity index (χ4n) is 3.05. The first-order valence-electron chi connectivity index (χ1n) is 8.93. The molecular weight excluding hydrogens is 312 g/mol. The monoisotopic (exact) mass is 338 g/mol. The highest BCUT2D eigenvalue weighted by molar-refractivity contribution is 5.78. The SMILES string of the molecule is Cc1ccc(NCCCNC(=O)CN2CCc3ccccc3C2)nc1. The molecule has 2 heterocycles. The average molecular weight is 338 g/mol. The zero-order chi connectivity index (χ0) is 17.5. The van der Waals surface area contributed by atoms with Crippen molar-refractivity contribution in [2.24, 2.45) is 0 Å². The highest BCUT2D eigenvalue weighted by Gasteiger charge is 2.17. The van der Waals surface area contributed by atoms with Gasteiger partial charge in [0.25, 0.3) is 0 Å². The lowest BCUT2D eigenvalue weighted by Crippen LogP contribution is -2.40. The molecule has 0 spiro atoms. The summed E-state index contributed by atoms with van der Waals surface area (Å²) in [7, 11) is 0. The van der Waals surface area contributed by atoms with Crippen LogP contribution in [0.5, 0.6) is 0 Å². The molecule has 0 radical (unpaired) electrons. The van der Waals surface area contributed by atoms with Gasteiger partial charge in [-0.3, -0.25) is 9.69 Å². The number of anilines is 1. The van der Waals surface area contributed by atoms with Gasteiger partial charge < -0.3 is 10.6 Å². The number of nitrogens with zero attached hydrogens (tertiary/aromatic N) is 2. The maximum absolute atomic E-state index is 12.1. The third-order valence-electron chi connectivity index (χ3n) is 4.47. The molecule has 0 saturated heterocycles. The molecule has 0 fully saturated rings. The molecular formula is C20H26N4O. The van der Waals surface area contributed by atoms with E-state index in [-0.39, 0.29) is 5.91 Å². The summed E-state index contributed by atoms with van der Waals surface area (Å²) in [6.07, 6.45) is 3.75. The van der Waals surface area contributed by atoms with Gasteiger partial charge in [0.1, 0.15) is 5.82 Å². The van der Waals surface area contributed by atoms with E-state index in [4.69, 9.17) is 0 Å². The first-order chi connectivity index (χ1) is 12.2. The quantitative estimate of drug-likeness (QED) is 0.761. The van der Waals surface area contributed by atoms with Crippen molar-refractivity contribution in [3.8, 4) is 0 Å². The summed E-state index contributed by atoms with van der Waals surface area (Å²) >= 11 is 0. The normalized spacial score (nSPS) is 14.0. The molecule has 1 aliphatic rings. The Hall–Kier alpha value is -2.40. The zero-order valence-electron chi connectivity index (χ0n) is 14.8. The molecule has 0 unspecified atom stereocenters. The minimum atomic E-state index is 0.104. The van der Waals surface area contributed by atoms with Gasteiger partial charge in [-0.2, -0.15) is 0 Å². The van der Waals surface area contributed by atoms with Crippen molar-refractivity contribution in [1.29, 1.82) is 0 Å². The van der Waals surface area contributed by atoms with Crippen molar-refractivity contribution in [2.75, 3.05) is 31.5 Å². The third-order valence-corrected chi connectivity index (χ3v) is 4.47. The molecule has 5 nitrogen and oxygen atoms in total. The van der Waals surface area contributed by atoms with E-state index in [2.05, 4.69) is 44.8 Å². The average Bonchev–Trinajstić information content (AvgIpc) is 2.63. The molecule has 2 aromatic rings. The lowest BCUT2D eigenvalue weighted by molar-refractivity contribution is -0.122. The first-order valence-corrected chi connectivity index (χ1v) is 8.93. The molecule has 0 bridgehead atoms. The maximum Gasteiger partial charge on any atom is 0.234 e. The zero-order valence-corrected chi connectivity index (χ0v) is 14.8. The van der Waals surface area contributed by atoms with Crippen LogP contribution in [0.15, 0.2) is 42.6 Å².